The molecule has 4 rings (SSSR count). The van der Waals surface area contributed by atoms with Gasteiger partial charge < -0.3 is 15.5 Å². The van der Waals surface area contributed by atoms with Gasteiger partial charge >= 0.3 is 0 Å². The Labute approximate surface area is 248 Å². The second-order valence-corrected chi connectivity index (χ2v) is 18.6. The number of aromatic nitrogens is 4. The summed E-state index contributed by atoms with van der Waals surface area (Å²) in [6, 6.07) is 16.0. The van der Waals surface area contributed by atoms with E-state index in [2.05, 4.69) is 50.3 Å². The number of pyridine rings is 1. The molecule has 2 unspecified atom stereocenters. The van der Waals surface area contributed by atoms with Gasteiger partial charge in [-0.15, -0.1) is 0 Å². The van der Waals surface area contributed by atoms with Crippen LogP contribution in [0.3, 0.4) is 0 Å². The van der Waals surface area contributed by atoms with Crippen molar-refractivity contribution < 1.29 is 15.0 Å². The minimum absolute atomic E-state index is 0.0751. The van der Waals surface area contributed by atoms with Crippen molar-refractivity contribution in [2.75, 3.05) is 0 Å². The lowest BCUT2D eigenvalue weighted by molar-refractivity contribution is 0.0407. The number of rotatable bonds is 7. The molecule has 42 heavy (non-hydrogen) atoms. The number of nitriles is 1. The molecule has 3 N–H and O–H groups in total. The fraction of sp³-hybridized carbons (Fsp3) is 0.406. The first-order chi connectivity index (χ1) is 19.4. The molecule has 0 radical (unpaired) electrons. The van der Waals surface area contributed by atoms with Crippen molar-refractivity contribution in [3.63, 3.8) is 0 Å². The fourth-order valence-corrected chi connectivity index (χ4v) is 6.16. The fourth-order valence-electron chi connectivity index (χ4n) is 4.45. The first-order valence-electron chi connectivity index (χ1n) is 14.0. The summed E-state index contributed by atoms with van der Waals surface area (Å²) in [5, 5.41) is 38.9. The minimum atomic E-state index is -2.23. The number of nitrogens with one attached hydrogen (secondary N) is 1. The maximum Gasteiger partial charge on any atom is 0.272 e. The van der Waals surface area contributed by atoms with Gasteiger partial charge in [0.1, 0.15) is 11.4 Å². The first-order valence-corrected chi connectivity index (χ1v) is 17.1. The summed E-state index contributed by atoms with van der Waals surface area (Å²) < 4.78 is 1.62. The zero-order chi connectivity index (χ0) is 31.2. The number of carbonyl (C=O) groups excluding carboxylic acids is 1. The van der Waals surface area contributed by atoms with E-state index in [-0.39, 0.29) is 10.7 Å². The van der Waals surface area contributed by atoms with Crippen molar-refractivity contribution in [2.45, 2.75) is 84.0 Å². The number of imidazole rings is 1. The molecule has 4 aromatic rings. The van der Waals surface area contributed by atoms with E-state index in [1.54, 1.807) is 55.6 Å². The number of carbonyl (C=O) groups is 1. The second kappa shape index (κ2) is 11.1. The molecule has 10 heteroatoms. The molecule has 0 bridgehead atoms. The maximum absolute atomic E-state index is 13.2. The van der Waals surface area contributed by atoms with Gasteiger partial charge in [0.25, 0.3) is 5.91 Å². The van der Waals surface area contributed by atoms with Gasteiger partial charge in [-0.1, -0.05) is 46.0 Å². The van der Waals surface area contributed by atoms with E-state index in [1.165, 1.54) is 0 Å². The topological polar surface area (TPSA) is 136 Å². The average molecular weight is 585 g/mol. The molecule has 3 heterocycles. The van der Waals surface area contributed by atoms with Crippen LogP contribution in [0.4, 0.5) is 0 Å². The third-order valence-corrected chi connectivity index (χ3v) is 14.1. The van der Waals surface area contributed by atoms with Gasteiger partial charge in [0.15, 0.2) is 5.65 Å². The molecule has 2 atom stereocenters. The molecule has 3 aromatic heterocycles. The van der Waals surface area contributed by atoms with Crippen LogP contribution >= 0.6 is 0 Å². The van der Waals surface area contributed by atoms with Gasteiger partial charge in [-0.25, -0.2) is 9.50 Å². The number of benzene rings is 1. The molecule has 220 valence electrons. The first kappa shape index (κ1) is 31.0. The molecule has 0 aliphatic heterocycles. The van der Waals surface area contributed by atoms with E-state index in [4.69, 9.17) is 9.97 Å². The number of aryl methyl sites for hydroxylation is 1. The molecule has 0 fully saturated rings. The molecule has 9 nitrogen and oxygen atoms in total. The maximum atomic E-state index is 13.2. The lowest BCUT2D eigenvalue weighted by atomic mass is 10.0. The normalized spacial score (nSPS) is 14.0. The van der Waals surface area contributed by atoms with E-state index in [0.717, 1.165) is 16.8 Å². The van der Waals surface area contributed by atoms with Crippen molar-refractivity contribution in [3.05, 3.63) is 71.2 Å². The summed E-state index contributed by atoms with van der Waals surface area (Å²) in [6.07, 6.45) is 0. The van der Waals surface area contributed by atoms with Crippen molar-refractivity contribution in [1.29, 1.82) is 5.26 Å². The van der Waals surface area contributed by atoms with Gasteiger partial charge in [0, 0.05) is 16.8 Å². The van der Waals surface area contributed by atoms with Crippen molar-refractivity contribution in [1.82, 2.24) is 24.9 Å². The van der Waals surface area contributed by atoms with Crippen molar-refractivity contribution in [3.8, 4) is 28.6 Å². The molecule has 1 amide bonds. The van der Waals surface area contributed by atoms with Crippen LogP contribution in [0.1, 0.15) is 74.7 Å². The van der Waals surface area contributed by atoms with Crippen LogP contribution in [0.25, 0.3) is 28.2 Å². The van der Waals surface area contributed by atoms with Gasteiger partial charge in [0.05, 0.1) is 48.5 Å². The zero-order valence-electron chi connectivity index (χ0n) is 25.8. The van der Waals surface area contributed by atoms with Gasteiger partial charge in [-0.3, -0.25) is 9.78 Å². The van der Waals surface area contributed by atoms with Crippen LogP contribution < -0.4 is 5.32 Å². The molecule has 0 spiro atoms. The van der Waals surface area contributed by atoms with E-state index < -0.39 is 31.4 Å². The molecule has 0 aliphatic rings. The van der Waals surface area contributed by atoms with E-state index in [1.807, 2.05) is 25.1 Å². The quantitative estimate of drug-likeness (QED) is 0.240. The number of hydrogen-bond donors (Lipinski definition) is 3. The van der Waals surface area contributed by atoms with Gasteiger partial charge in [-0.05, 0) is 69.1 Å². The summed E-state index contributed by atoms with van der Waals surface area (Å²) in [6.45, 7) is 17.7. The number of fused-ring (bicyclic) bond motifs is 1. The highest BCUT2D eigenvalue weighted by Crippen LogP contribution is 2.44. The Morgan fingerprint density at radius 1 is 1.05 bits per heavy atom. The van der Waals surface area contributed by atoms with Crippen LogP contribution in [0.15, 0.2) is 48.5 Å². The Bertz CT molecular complexity index is 1690. The minimum Gasteiger partial charge on any atom is -0.390 e. The average Bonchev–Trinajstić information content (AvgIpc) is 3.30. The molecular formula is C32H40N6O3Si. The van der Waals surface area contributed by atoms with E-state index in [9.17, 15) is 20.3 Å². The molecule has 0 aliphatic carbocycles. The van der Waals surface area contributed by atoms with Gasteiger partial charge in [-0.2, -0.15) is 10.4 Å². The highest BCUT2D eigenvalue weighted by atomic mass is 28.3. The molecule has 0 saturated heterocycles. The van der Waals surface area contributed by atoms with E-state index >= 15 is 0 Å². The number of amides is 1. The van der Waals surface area contributed by atoms with Gasteiger partial charge in [0.2, 0.25) is 0 Å². The smallest absolute Gasteiger partial charge is 0.272 e. The molecule has 0 saturated carbocycles. The summed E-state index contributed by atoms with van der Waals surface area (Å²) in [5.74, 6) is -0.431. The Balaban J connectivity index is 1.96. The largest absolute Gasteiger partial charge is 0.390 e. The second-order valence-electron chi connectivity index (χ2n) is 13.1. The highest BCUT2D eigenvalue weighted by molar-refractivity contribution is 6.81. The summed E-state index contributed by atoms with van der Waals surface area (Å²) in [7, 11) is -2.23. The Morgan fingerprint density at radius 2 is 1.74 bits per heavy atom. The zero-order valence-corrected chi connectivity index (χ0v) is 26.8. The number of aliphatic hydroxyl groups excluding tert-OH is 1. The lowest BCUT2D eigenvalue weighted by Gasteiger charge is -2.40. The molecular weight excluding hydrogens is 544 g/mol. The Kier molecular flexibility index (Phi) is 8.17. The van der Waals surface area contributed by atoms with Crippen LogP contribution in [0, 0.1) is 18.3 Å². The monoisotopic (exact) mass is 584 g/mol. The van der Waals surface area contributed by atoms with Crippen molar-refractivity contribution >= 4 is 19.6 Å². The SMILES string of the molecule is Cc1cc(-c2c(-c3cccc(C#N)c3)nc3ccc(C(=O)NC(C)C(C)(C)O)nn23)cc(C(O)[Si](C)(C)C(C)(C)C)n1. The number of hydrogen-bond acceptors (Lipinski definition) is 7. The number of nitrogens with zero attached hydrogens (tertiary/aromatic N) is 5. The summed E-state index contributed by atoms with van der Waals surface area (Å²) >= 11 is 0. The summed E-state index contributed by atoms with van der Waals surface area (Å²) in [4.78, 5) is 22.8. The van der Waals surface area contributed by atoms with Crippen LogP contribution in [0.2, 0.25) is 18.1 Å². The lowest BCUT2D eigenvalue weighted by Crippen LogP contribution is -2.47. The summed E-state index contributed by atoms with van der Waals surface area (Å²) in [5.41, 5.74) is 3.26. The third kappa shape index (κ3) is 5.99. The number of aliphatic hydroxyl groups is 2. The van der Waals surface area contributed by atoms with Crippen molar-refractivity contribution in [2.24, 2.45) is 0 Å². The standard InChI is InChI=1S/C32H40N6O3Si/c1-19-15-23(17-25(34-19)30(40)42(8,9)31(3,4)5)28-27(22-12-10-11-21(16-22)18-33)36-26-14-13-24(37-38(26)28)29(39)35-20(2)32(6,7)41/h10-17,20,30,40-41H,1-9H3,(H,35,39). The van der Waals surface area contributed by atoms with Crippen LogP contribution in [-0.4, -0.2) is 55.4 Å². The van der Waals surface area contributed by atoms with Crippen LogP contribution in [-0.2, 0) is 0 Å². The Morgan fingerprint density at radius 3 is 2.36 bits per heavy atom. The van der Waals surface area contributed by atoms with E-state index in [0.29, 0.717) is 28.3 Å². The predicted molar refractivity (Wildman–Crippen MR) is 166 cm³/mol. The highest BCUT2D eigenvalue weighted by Gasteiger charge is 2.43. The third-order valence-electron chi connectivity index (χ3n) is 8.53. The Hall–Kier alpha value is -3.91. The predicted octanol–water partition coefficient (Wildman–Crippen LogP) is 5.61. The van der Waals surface area contributed by atoms with Crippen LogP contribution in [0.5, 0.6) is 0 Å². The molecule has 1 aromatic carbocycles.